The third-order valence-electron chi connectivity index (χ3n) is 4.71. The molecule has 0 bridgehead atoms. The molecule has 0 aliphatic rings. The van der Waals surface area contributed by atoms with E-state index >= 15 is 0 Å². The van der Waals surface area contributed by atoms with Crippen LogP contribution in [0.3, 0.4) is 0 Å². The standard InChI is InChI=1S/C22H24N2O5S/c1-4-24(15-22(25)23-20-12-10-18(28-2)14-21(20)29-3)30(26,27)19-11-9-16-7-5-6-8-17(16)13-19/h5-14H,4,15H2,1-3H3,(H,23,25). The van der Waals surface area contributed by atoms with Crippen LogP contribution in [0.2, 0.25) is 0 Å². The van der Waals surface area contributed by atoms with E-state index in [0.29, 0.717) is 17.2 Å². The fraction of sp³-hybridized carbons (Fsp3) is 0.227. The molecule has 8 heteroatoms. The summed E-state index contributed by atoms with van der Waals surface area (Å²) in [7, 11) is -0.824. The van der Waals surface area contributed by atoms with Gasteiger partial charge in [-0.2, -0.15) is 4.31 Å². The second-order valence-electron chi connectivity index (χ2n) is 6.55. The normalized spacial score (nSPS) is 11.5. The third-order valence-corrected chi connectivity index (χ3v) is 6.63. The number of sulfonamides is 1. The van der Waals surface area contributed by atoms with Crippen LogP contribution in [0.5, 0.6) is 11.5 Å². The molecule has 30 heavy (non-hydrogen) atoms. The molecule has 0 aliphatic heterocycles. The van der Waals surface area contributed by atoms with Crippen LogP contribution >= 0.6 is 0 Å². The molecule has 7 nitrogen and oxygen atoms in total. The van der Waals surface area contributed by atoms with E-state index in [1.54, 1.807) is 43.3 Å². The van der Waals surface area contributed by atoms with Gasteiger partial charge in [0.2, 0.25) is 15.9 Å². The van der Waals surface area contributed by atoms with Crippen LogP contribution in [0, 0.1) is 0 Å². The molecule has 0 radical (unpaired) electrons. The predicted molar refractivity (Wildman–Crippen MR) is 117 cm³/mol. The van der Waals surface area contributed by atoms with E-state index in [0.717, 1.165) is 15.1 Å². The van der Waals surface area contributed by atoms with Gasteiger partial charge < -0.3 is 14.8 Å². The molecular formula is C22H24N2O5S. The first kappa shape index (κ1) is 21.6. The average Bonchev–Trinajstić information content (AvgIpc) is 2.77. The number of hydrogen-bond acceptors (Lipinski definition) is 5. The van der Waals surface area contributed by atoms with Crippen molar-refractivity contribution in [3.63, 3.8) is 0 Å². The summed E-state index contributed by atoms with van der Waals surface area (Å²) in [6.45, 7) is 1.53. The Bertz CT molecular complexity index is 1160. The van der Waals surface area contributed by atoms with Crippen molar-refractivity contribution in [1.29, 1.82) is 0 Å². The highest BCUT2D eigenvalue weighted by Gasteiger charge is 2.26. The molecule has 0 unspecified atom stereocenters. The second kappa shape index (κ2) is 9.15. The lowest BCUT2D eigenvalue weighted by atomic mass is 10.1. The Morgan fingerprint density at radius 3 is 2.37 bits per heavy atom. The first-order chi connectivity index (χ1) is 14.4. The lowest BCUT2D eigenvalue weighted by Gasteiger charge is -2.21. The lowest BCUT2D eigenvalue weighted by Crippen LogP contribution is -2.37. The van der Waals surface area contributed by atoms with E-state index in [4.69, 9.17) is 9.47 Å². The molecule has 0 fully saturated rings. The van der Waals surface area contributed by atoms with Gasteiger partial charge in [-0.1, -0.05) is 37.3 Å². The predicted octanol–water partition coefficient (Wildman–Crippen LogP) is 3.51. The Balaban J connectivity index is 1.80. The van der Waals surface area contributed by atoms with Gasteiger partial charge in [0, 0.05) is 12.6 Å². The van der Waals surface area contributed by atoms with Crippen molar-refractivity contribution in [3.8, 4) is 11.5 Å². The van der Waals surface area contributed by atoms with Crippen LogP contribution in [0.15, 0.2) is 65.6 Å². The van der Waals surface area contributed by atoms with Gasteiger partial charge in [-0.05, 0) is 35.0 Å². The molecule has 158 valence electrons. The fourth-order valence-corrected chi connectivity index (χ4v) is 4.54. The number of hydrogen-bond donors (Lipinski definition) is 1. The minimum Gasteiger partial charge on any atom is -0.497 e. The Morgan fingerprint density at radius 2 is 1.70 bits per heavy atom. The Hall–Kier alpha value is -3.10. The highest BCUT2D eigenvalue weighted by Crippen LogP contribution is 2.29. The lowest BCUT2D eigenvalue weighted by molar-refractivity contribution is -0.116. The summed E-state index contributed by atoms with van der Waals surface area (Å²) in [6.07, 6.45) is 0. The molecule has 0 aliphatic carbocycles. The smallest absolute Gasteiger partial charge is 0.243 e. The van der Waals surface area contributed by atoms with Gasteiger partial charge in [0.1, 0.15) is 11.5 Å². The van der Waals surface area contributed by atoms with Gasteiger partial charge in [-0.25, -0.2) is 8.42 Å². The summed E-state index contributed by atoms with van der Waals surface area (Å²) in [5.41, 5.74) is 0.433. The van der Waals surface area contributed by atoms with Crippen LogP contribution < -0.4 is 14.8 Å². The van der Waals surface area contributed by atoms with Gasteiger partial charge in [-0.15, -0.1) is 0 Å². The molecule has 3 aromatic carbocycles. The number of fused-ring (bicyclic) bond motifs is 1. The number of likely N-dealkylation sites (N-methyl/N-ethyl adjacent to an activating group) is 1. The molecule has 3 aromatic rings. The van der Waals surface area contributed by atoms with Crippen molar-refractivity contribution in [2.24, 2.45) is 0 Å². The van der Waals surface area contributed by atoms with E-state index < -0.39 is 15.9 Å². The van der Waals surface area contributed by atoms with E-state index in [2.05, 4.69) is 5.32 Å². The van der Waals surface area contributed by atoms with Crippen LogP contribution in [0.4, 0.5) is 5.69 Å². The number of methoxy groups -OCH3 is 2. The highest BCUT2D eigenvalue weighted by atomic mass is 32.2. The van der Waals surface area contributed by atoms with E-state index in [9.17, 15) is 13.2 Å². The largest absolute Gasteiger partial charge is 0.497 e. The summed E-state index contributed by atoms with van der Waals surface area (Å²) in [5.74, 6) is 0.534. The van der Waals surface area contributed by atoms with Gasteiger partial charge in [-0.3, -0.25) is 4.79 Å². The molecule has 0 spiro atoms. The summed E-state index contributed by atoms with van der Waals surface area (Å²) in [6, 6.07) is 17.4. The second-order valence-corrected chi connectivity index (χ2v) is 8.49. The zero-order valence-corrected chi connectivity index (χ0v) is 17.9. The Kier molecular flexibility index (Phi) is 6.59. The van der Waals surface area contributed by atoms with E-state index in [-0.39, 0.29) is 18.0 Å². The summed E-state index contributed by atoms with van der Waals surface area (Å²) in [5, 5.41) is 4.47. The van der Waals surface area contributed by atoms with Gasteiger partial charge in [0.25, 0.3) is 0 Å². The topological polar surface area (TPSA) is 84.9 Å². The Morgan fingerprint density at radius 1 is 0.967 bits per heavy atom. The van der Waals surface area contributed by atoms with Gasteiger partial charge in [0.15, 0.2) is 0 Å². The number of benzene rings is 3. The van der Waals surface area contributed by atoms with Crippen LogP contribution in [0.1, 0.15) is 6.92 Å². The molecule has 0 atom stereocenters. The minimum atomic E-state index is -3.84. The first-order valence-electron chi connectivity index (χ1n) is 9.40. The molecule has 0 aromatic heterocycles. The van der Waals surface area contributed by atoms with Crippen molar-refractivity contribution >= 4 is 32.4 Å². The monoisotopic (exact) mass is 428 g/mol. The van der Waals surface area contributed by atoms with E-state index in [1.807, 2.05) is 24.3 Å². The minimum absolute atomic E-state index is 0.151. The molecule has 0 saturated carbocycles. The number of nitrogens with zero attached hydrogens (tertiary/aromatic N) is 1. The number of carbonyl (C=O) groups is 1. The van der Waals surface area contributed by atoms with Crippen LogP contribution in [-0.4, -0.2) is 45.9 Å². The molecule has 0 saturated heterocycles. The summed E-state index contributed by atoms with van der Waals surface area (Å²) in [4.78, 5) is 12.7. The number of amides is 1. The zero-order chi connectivity index (χ0) is 21.7. The van der Waals surface area contributed by atoms with Crippen LogP contribution in [0.25, 0.3) is 10.8 Å². The first-order valence-corrected chi connectivity index (χ1v) is 10.8. The molecule has 3 rings (SSSR count). The molecular weight excluding hydrogens is 404 g/mol. The SMILES string of the molecule is CCN(CC(=O)Nc1ccc(OC)cc1OC)S(=O)(=O)c1ccc2ccccc2c1. The number of anilines is 1. The van der Waals surface area contributed by atoms with Crippen molar-refractivity contribution in [2.75, 3.05) is 32.6 Å². The van der Waals surface area contributed by atoms with Crippen molar-refractivity contribution in [1.82, 2.24) is 4.31 Å². The van der Waals surface area contributed by atoms with Crippen molar-refractivity contribution < 1.29 is 22.7 Å². The number of ether oxygens (including phenoxy) is 2. The maximum absolute atomic E-state index is 13.1. The number of rotatable bonds is 8. The molecule has 1 N–H and O–H groups in total. The van der Waals surface area contributed by atoms with Crippen LogP contribution in [-0.2, 0) is 14.8 Å². The molecule has 0 heterocycles. The Labute approximate surface area is 176 Å². The summed E-state index contributed by atoms with van der Waals surface area (Å²) < 4.78 is 37.8. The quantitative estimate of drug-likeness (QED) is 0.594. The van der Waals surface area contributed by atoms with Gasteiger partial charge >= 0.3 is 0 Å². The maximum Gasteiger partial charge on any atom is 0.243 e. The fourth-order valence-electron chi connectivity index (χ4n) is 3.10. The van der Waals surface area contributed by atoms with Gasteiger partial charge in [0.05, 0.1) is 31.3 Å². The zero-order valence-electron chi connectivity index (χ0n) is 17.1. The maximum atomic E-state index is 13.1. The molecule has 1 amide bonds. The van der Waals surface area contributed by atoms with Crippen molar-refractivity contribution in [2.45, 2.75) is 11.8 Å². The van der Waals surface area contributed by atoms with Crippen molar-refractivity contribution in [3.05, 3.63) is 60.7 Å². The average molecular weight is 429 g/mol. The number of carbonyl (C=O) groups excluding carboxylic acids is 1. The third kappa shape index (κ3) is 4.55. The number of nitrogens with one attached hydrogen (secondary N) is 1. The summed E-state index contributed by atoms with van der Waals surface area (Å²) >= 11 is 0. The highest BCUT2D eigenvalue weighted by molar-refractivity contribution is 7.89. The van der Waals surface area contributed by atoms with E-state index in [1.165, 1.54) is 14.2 Å².